The molecule has 0 radical (unpaired) electrons. The van der Waals surface area contributed by atoms with Gasteiger partial charge in [-0.15, -0.1) is 0 Å². The van der Waals surface area contributed by atoms with Crippen molar-refractivity contribution < 1.29 is 24.2 Å². The van der Waals surface area contributed by atoms with Gasteiger partial charge < -0.3 is 15.2 Å². The molecule has 0 aliphatic heterocycles. The van der Waals surface area contributed by atoms with Crippen LogP contribution in [0.25, 0.3) is 0 Å². The Bertz CT molecular complexity index is 773. The molecule has 1 atom stereocenters. The van der Waals surface area contributed by atoms with E-state index in [0.29, 0.717) is 12.8 Å². The molecule has 6 nitrogen and oxygen atoms in total. The molecule has 0 bridgehead atoms. The van der Waals surface area contributed by atoms with Gasteiger partial charge in [0, 0.05) is 12.8 Å². The van der Waals surface area contributed by atoms with Gasteiger partial charge in [0.2, 0.25) is 5.91 Å². The number of carbonyl (C=O) groups excluding carboxylic acids is 2. The van der Waals surface area contributed by atoms with Crippen molar-refractivity contribution in [1.82, 2.24) is 5.32 Å². The summed E-state index contributed by atoms with van der Waals surface area (Å²) >= 11 is 0. The number of hydrogen-bond donors (Lipinski definition) is 2. The molecule has 0 spiro atoms. The lowest BCUT2D eigenvalue weighted by Crippen LogP contribution is -2.28. The van der Waals surface area contributed by atoms with E-state index in [1.807, 2.05) is 0 Å². The van der Waals surface area contributed by atoms with Gasteiger partial charge in [0.25, 0.3) is 0 Å². The summed E-state index contributed by atoms with van der Waals surface area (Å²) in [7, 11) is 0. The fourth-order valence-electron chi connectivity index (χ4n) is 5.04. The first-order valence-corrected chi connectivity index (χ1v) is 18.1. The predicted octanol–water partition coefficient (Wildman–Crippen LogP) is 10.6. The van der Waals surface area contributed by atoms with E-state index in [9.17, 15) is 14.4 Å². The van der Waals surface area contributed by atoms with E-state index in [0.717, 1.165) is 70.6 Å². The van der Waals surface area contributed by atoms with Crippen molar-refractivity contribution in [2.75, 3.05) is 6.54 Å². The van der Waals surface area contributed by atoms with E-state index in [-0.39, 0.29) is 24.5 Å². The van der Waals surface area contributed by atoms with Gasteiger partial charge in [-0.05, 0) is 76.7 Å². The average Bonchev–Trinajstić information content (AvgIpc) is 3.00. The number of carbonyl (C=O) groups is 3. The Morgan fingerprint density at radius 3 is 1.75 bits per heavy atom. The molecule has 44 heavy (non-hydrogen) atoms. The number of unbranched alkanes of at least 4 members (excludes halogenated alkanes) is 17. The third-order valence-corrected chi connectivity index (χ3v) is 7.77. The molecule has 0 heterocycles. The summed E-state index contributed by atoms with van der Waals surface area (Å²) in [6.45, 7) is 4.16. The molecular weight excluding hydrogens is 550 g/mol. The third-order valence-electron chi connectivity index (χ3n) is 7.77. The molecule has 6 heteroatoms. The number of amides is 1. The Morgan fingerprint density at radius 1 is 0.614 bits per heavy atom. The molecule has 2 N–H and O–H groups in total. The second-order valence-corrected chi connectivity index (χ2v) is 12.1. The van der Waals surface area contributed by atoms with Crippen molar-refractivity contribution in [3.8, 4) is 0 Å². The third kappa shape index (κ3) is 32.5. The van der Waals surface area contributed by atoms with Crippen LogP contribution in [0.4, 0.5) is 0 Å². The van der Waals surface area contributed by atoms with Gasteiger partial charge in [-0.3, -0.25) is 14.4 Å². The number of carboxylic acids is 1. The van der Waals surface area contributed by atoms with Gasteiger partial charge >= 0.3 is 11.9 Å². The van der Waals surface area contributed by atoms with Crippen LogP contribution in [0.5, 0.6) is 0 Å². The number of rotatable bonds is 32. The highest BCUT2D eigenvalue weighted by atomic mass is 16.5. The zero-order valence-corrected chi connectivity index (χ0v) is 28.5. The fraction of sp³-hybridized carbons (Fsp3) is 0.763. The number of aliphatic carboxylic acids is 1. The van der Waals surface area contributed by atoms with E-state index in [1.165, 1.54) is 77.0 Å². The number of hydrogen-bond acceptors (Lipinski definition) is 4. The molecule has 0 saturated heterocycles. The number of esters is 1. The van der Waals surface area contributed by atoms with Gasteiger partial charge in [0.1, 0.15) is 12.6 Å². The summed E-state index contributed by atoms with van der Waals surface area (Å²) < 4.78 is 5.89. The molecule has 254 valence electrons. The number of ether oxygens (including phenoxy) is 1. The predicted molar refractivity (Wildman–Crippen MR) is 185 cm³/mol. The number of allylic oxidation sites excluding steroid dienone is 5. The van der Waals surface area contributed by atoms with Crippen LogP contribution in [0, 0.1) is 0 Å². The van der Waals surface area contributed by atoms with Gasteiger partial charge in [0.15, 0.2) is 0 Å². The minimum Gasteiger partial charge on any atom is -0.480 e. The highest BCUT2D eigenvalue weighted by molar-refractivity contribution is 5.80. The van der Waals surface area contributed by atoms with Crippen LogP contribution < -0.4 is 5.32 Å². The summed E-state index contributed by atoms with van der Waals surface area (Å²) in [6.07, 6.45) is 39.9. The van der Waals surface area contributed by atoms with E-state index >= 15 is 0 Å². The lowest BCUT2D eigenvalue weighted by molar-refractivity contribution is -0.147. The molecule has 0 saturated carbocycles. The molecule has 0 aromatic heterocycles. The lowest BCUT2D eigenvalue weighted by atomic mass is 10.1. The van der Waals surface area contributed by atoms with Crippen LogP contribution in [-0.4, -0.2) is 35.6 Å². The smallest absolute Gasteiger partial charge is 0.322 e. The maximum Gasteiger partial charge on any atom is 0.322 e. The van der Waals surface area contributed by atoms with Crippen LogP contribution in [-0.2, 0) is 19.1 Å². The van der Waals surface area contributed by atoms with Gasteiger partial charge in [0.05, 0.1) is 0 Å². The quantitative estimate of drug-likeness (QED) is 0.0445. The van der Waals surface area contributed by atoms with E-state index in [4.69, 9.17) is 9.84 Å². The van der Waals surface area contributed by atoms with Crippen LogP contribution in [0.2, 0.25) is 0 Å². The van der Waals surface area contributed by atoms with Crippen LogP contribution >= 0.6 is 0 Å². The minimum atomic E-state index is -1.02. The molecule has 0 aromatic rings. The van der Waals surface area contributed by atoms with Crippen molar-refractivity contribution in [3.63, 3.8) is 0 Å². The molecule has 1 unspecified atom stereocenters. The second-order valence-electron chi connectivity index (χ2n) is 12.1. The van der Waals surface area contributed by atoms with Crippen molar-refractivity contribution >= 4 is 17.8 Å². The summed E-state index contributed by atoms with van der Waals surface area (Å²) in [5, 5.41) is 11.0. The van der Waals surface area contributed by atoms with Crippen molar-refractivity contribution in [3.05, 3.63) is 36.5 Å². The number of carboxylic acid groups (broad SMARTS) is 1. The van der Waals surface area contributed by atoms with Gasteiger partial charge in [-0.2, -0.15) is 0 Å². The molecule has 1 amide bonds. The minimum absolute atomic E-state index is 0.0812. The number of nitrogens with one attached hydrogen (secondary N) is 1. The zero-order valence-electron chi connectivity index (χ0n) is 28.5. The maximum absolute atomic E-state index is 12.6. The first kappa shape index (κ1) is 41.6. The largest absolute Gasteiger partial charge is 0.480 e. The monoisotopic (exact) mass is 618 g/mol. The first-order chi connectivity index (χ1) is 21.5. The highest BCUT2D eigenvalue weighted by Crippen LogP contribution is 2.15. The lowest BCUT2D eigenvalue weighted by Gasteiger charge is -2.14. The summed E-state index contributed by atoms with van der Waals surface area (Å²) in [6, 6.07) is 0. The molecular formula is C38H67NO5. The first-order valence-electron chi connectivity index (χ1n) is 18.1. The van der Waals surface area contributed by atoms with E-state index in [2.05, 4.69) is 55.6 Å². The molecule has 0 aliphatic rings. The summed E-state index contributed by atoms with van der Waals surface area (Å²) in [5.41, 5.74) is 0. The summed E-state index contributed by atoms with van der Waals surface area (Å²) in [5.74, 6) is -1.30. The molecule has 0 fully saturated rings. The zero-order chi connectivity index (χ0) is 32.4. The molecule has 0 aromatic carbocycles. The van der Waals surface area contributed by atoms with Crippen molar-refractivity contribution in [1.29, 1.82) is 0 Å². The molecule has 0 rings (SSSR count). The standard InChI is InChI=1S/C38H67NO5/c1-3-5-7-9-11-13-14-15-17-19-25-29-33-38(43)44-35(30-26-22-18-16-12-10-8-6-4-2)31-27-23-20-21-24-28-32-36(40)39-34-37(41)42/h11,13,16,18,26,30,35H,3-10,12,14-15,17,19-25,27-29,31-34H2,1-2H3,(H,39,40)(H,41,42)/b13-11-,18-16-,30-26-. The average molecular weight is 618 g/mol. The van der Waals surface area contributed by atoms with Gasteiger partial charge in [-0.1, -0.05) is 121 Å². The SMILES string of the molecule is CCCCC/C=C\CCCCCCCC(=O)OC(/C=C\C/C=C\CCCCCC)CCCCCCCCC(=O)NCC(=O)O. The Balaban J connectivity index is 4.27. The highest BCUT2D eigenvalue weighted by Gasteiger charge is 2.11. The van der Waals surface area contributed by atoms with Crippen molar-refractivity contribution in [2.24, 2.45) is 0 Å². The van der Waals surface area contributed by atoms with Gasteiger partial charge in [-0.25, -0.2) is 0 Å². The molecule has 0 aliphatic carbocycles. The maximum atomic E-state index is 12.6. The Morgan fingerprint density at radius 2 is 1.11 bits per heavy atom. The Kier molecular flexibility index (Phi) is 31.7. The second kappa shape index (κ2) is 33.5. The van der Waals surface area contributed by atoms with Crippen molar-refractivity contribution in [2.45, 2.75) is 180 Å². The van der Waals surface area contributed by atoms with Crippen LogP contribution in [0.3, 0.4) is 0 Å². The Hall–Kier alpha value is -2.37. The normalized spacial score (nSPS) is 12.4. The van der Waals surface area contributed by atoms with E-state index in [1.54, 1.807) is 0 Å². The van der Waals surface area contributed by atoms with Crippen LogP contribution in [0.15, 0.2) is 36.5 Å². The topological polar surface area (TPSA) is 92.7 Å². The summed E-state index contributed by atoms with van der Waals surface area (Å²) in [4.78, 5) is 34.7. The van der Waals surface area contributed by atoms with E-state index < -0.39 is 5.97 Å². The fourth-order valence-corrected chi connectivity index (χ4v) is 5.04. The Labute approximate surface area is 270 Å². The van der Waals surface area contributed by atoms with Crippen LogP contribution in [0.1, 0.15) is 174 Å².